The number of aliphatic imine (C=N–C) groups is 1. The molecule has 0 fully saturated rings. The number of nitrogens with zero attached hydrogens (tertiary/aromatic N) is 3. The number of unbranched alkanes of at least 4 members (excludes halogenated alkanes) is 1. The van der Waals surface area contributed by atoms with Crippen molar-refractivity contribution in [2.45, 2.75) is 84.7 Å². The fraction of sp³-hybridized carbons (Fsp3) is 0.462. The summed E-state index contributed by atoms with van der Waals surface area (Å²) < 4.78 is 12.5. The molecule has 0 aliphatic carbocycles. The highest BCUT2D eigenvalue weighted by Crippen LogP contribution is 2.26. The first kappa shape index (κ1) is 47.5. The molecule has 1 rings (SSSR count). The number of allylic oxidation sites excluding steroid dienone is 10. The van der Waals surface area contributed by atoms with Crippen molar-refractivity contribution in [1.29, 1.82) is 0 Å². The number of nitrogens with two attached hydrogens (primary N) is 3. The first-order valence-corrected chi connectivity index (χ1v) is 17.6. The lowest BCUT2D eigenvalue weighted by Crippen LogP contribution is -2.49. The quantitative estimate of drug-likeness (QED) is 0.0337. The zero-order valence-corrected chi connectivity index (χ0v) is 31.9. The van der Waals surface area contributed by atoms with Gasteiger partial charge in [0.05, 0.1) is 19.7 Å². The molecule has 0 saturated heterocycles. The number of ether oxygens (including phenoxy) is 2. The summed E-state index contributed by atoms with van der Waals surface area (Å²) in [7, 11) is 3.50. The van der Waals surface area contributed by atoms with E-state index < -0.39 is 41.8 Å². The summed E-state index contributed by atoms with van der Waals surface area (Å²) in [5, 5.41) is 13.2. The number of nitrogens with one attached hydrogen (secondary N) is 1. The van der Waals surface area contributed by atoms with Crippen molar-refractivity contribution in [1.82, 2.24) is 10.3 Å². The third-order valence-corrected chi connectivity index (χ3v) is 6.91. The van der Waals surface area contributed by atoms with Gasteiger partial charge in [0.25, 0.3) is 11.9 Å². The van der Waals surface area contributed by atoms with E-state index in [4.69, 9.17) is 26.7 Å². The topological polar surface area (TPSA) is 228 Å². The molecule has 0 saturated carbocycles. The van der Waals surface area contributed by atoms with Crippen LogP contribution < -0.4 is 27.6 Å². The van der Waals surface area contributed by atoms with Crippen molar-refractivity contribution in [3.8, 4) is 0 Å². The number of hydrogen-bond donors (Lipinski definition) is 4. The van der Waals surface area contributed by atoms with Crippen LogP contribution in [0.25, 0.3) is 0 Å². The third-order valence-electron chi connectivity index (χ3n) is 6.91. The SMILES string of the molecule is CC/C=C\C/C=C\C/C=C\C/C=C\C/C=C\CCCC(=O)OCC(C)(C)[C@@H](OC(=O)c1cccnc1)C(=O)NCCC(=O)[O-].C[N+](C)=C(N)N=C(N)N. The molecule has 1 heterocycles. The highest BCUT2D eigenvalue weighted by Gasteiger charge is 2.40. The zero-order valence-electron chi connectivity index (χ0n) is 31.9. The first-order valence-electron chi connectivity index (χ1n) is 17.6. The van der Waals surface area contributed by atoms with Crippen molar-refractivity contribution < 1.29 is 38.3 Å². The monoisotopic (exact) mass is 737 g/mol. The average molecular weight is 738 g/mol. The second kappa shape index (κ2) is 29.1. The van der Waals surface area contributed by atoms with Crippen molar-refractivity contribution >= 4 is 35.7 Å². The van der Waals surface area contributed by atoms with Gasteiger partial charge in [-0.15, -0.1) is 0 Å². The second-order valence-electron chi connectivity index (χ2n) is 12.5. The van der Waals surface area contributed by atoms with Gasteiger partial charge >= 0.3 is 17.9 Å². The van der Waals surface area contributed by atoms with Gasteiger partial charge < -0.3 is 36.2 Å². The molecule has 0 unspecified atom stereocenters. The summed E-state index contributed by atoms with van der Waals surface area (Å²) in [4.78, 5) is 56.0. The van der Waals surface area contributed by atoms with E-state index in [1.54, 1.807) is 38.6 Å². The number of rotatable bonds is 22. The van der Waals surface area contributed by atoms with E-state index >= 15 is 0 Å². The number of carbonyl (C=O) groups excluding carboxylic acids is 4. The number of carboxylic acids is 1. The maximum absolute atomic E-state index is 12.9. The Morgan fingerprint density at radius 2 is 1.49 bits per heavy atom. The number of guanidine groups is 2. The number of pyridine rings is 1. The van der Waals surface area contributed by atoms with Gasteiger partial charge in [-0.1, -0.05) is 81.5 Å². The van der Waals surface area contributed by atoms with Crippen LogP contribution in [0.3, 0.4) is 0 Å². The summed E-state index contributed by atoms with van der Waals surface area (Å²) >= 11 is 0. The molecule has 0 aliphatic rings. The highest BCUT2D eigenvalue weighted by atomic mass is 16.6. The third kappa shape index (κ3) is 26.0. The van der Waals surface area contributed by atoms with Gasteiger partial charge in [-0.3, -0.25) is 24.9 Å². The Kier molecular flexibility index (Phi) is 26.1. The lowest BCUT2D eigenvalue weighted by atomic mass is 9.86. The molecule has 14 nitrogen and oxygen atoms in total. The van der Waals surface area contributed by atoms with Crippen LogP contribution >= 0.6 is 0 Å². The standard InChI is InChI=1S/C35H48N2O7.C4H11N5/c1-4-5-6-7-8-9-10-11-12-13-14-15-16-17-18-19-20-23-31(40)43-28-35(2,3)32(33(41)37-26-24-30(38)39)44-34(42)29-22-21-25-36-27-29;1-9(2)4(7)8-3(5)6/h5-6,8-9,11-12,14-15,17-18,21-22,25,27,32H,4,7,10,13,16,19-20,23-24,26,28H2,1-3H3,(H,37,41)(H,38,39);1-2H3,(H5,5,6,7,8)/b6-5-,9-8-,12-11-,15-14-,18-17-;/t32-;/m0./s1. The van der Waals surface area contributed by atoms with Crippen LogP contribution in [-0.4, -0.2) is 78.6 Å². The number of hydrogen-bond acceptors (Lipinski definition) is 8. The van der Waals surface area contributed by atoms with Gasteiger partial charge in [0.1, 0.15) is 6.61 Å². The van der Waals surface area contributed by atoms with E-state index in [1.165, 1.54) is 18.5 Å². The molecule has 292 valence electrons. The van der Waals surface area contributed by atoms with E-state index in [9.17, 15) is 24.3 Å². The van der Waals surface area contributed by atoms with E-state index in [-0.39, 0.29) is 31.1 Å². The van der Waals surface area contributed by atoms with Gasteiger partial charge in [0.2, 0.25) is 0 Å². The van der Waals surface area contributed by atoms with Crippen LogP contribution in [0.5, 0.6) is 0 Å². The summed E-state index contributed by atoms with van der Waals surface area (Å²) in [6.45, 7) is 4.98. The van der Waals surface area contributed by atoms with Crippen LogP contribution in [-0.2, 0) is 23.9 Å². The number of amides is 1. The van der Waals surface area contributed by atoms with Crippen LogP contribution in [0.1, 0.15) is 88.9 Å². The normalized spacial score (nSPS) is 12.1. The minimum atomic E-state index is -1.36. The minimum Gasteiger partial charge on any atom is -0.550 e. The van der Waals surface area contributed by atoms with Crippen LogP contribution in [0.4, 0.5) is 0 Å². The molecule has 0 aromatic carbocycles. The second-order valence-corrected chi connectivity index (χ2v) is 12.5. The summed E-state index contributed by atoms with van der Waals surface area (Å²) in [6, 6.07) is 3.04. The average Bonchev–Trinajstić information content (AvgIpc) is 3.11. The van der Waals surface area contributed by atoms with Crippen molar-refractivity contribution in [3.63, 3.8) is 0 Å². The molecular weight excluding hydrogens is 678 g/mol. The molecular formula is C39H59N7O7. The van der Waals surface area contributed by atoms with Gasteiger partial charge in [0.15, 0.2) is 6.10 Å². The Labute approximate surface area is 314 Å². The fourth-order valence-electron chi connectivity index (χ4n) is 3.99. The lowest BCUT2D eigenvalue weighted by molar-refractivity contribution is -0.466. The Morgan fingerprint density at radius 1 is 0.925 bits per heavy atom. The molecule has 53 heavy (non-hydrogen) atoms. The van der Waals surface area contributed by atoms with Crippen molar-refractivity contribution in [2.24, 2.45) is 27.6 Å². The van der Waals surface area contributed by atoms with Crippen molar-refractivity contribution in [2.75, 3.05) is 27.2 Å². The van der Waals surface area contributed by atoms with E-state index in [0.717, 1.165) is 38.5 Å². The molecule has 0 radical (unpaired) electrons. The number of carbonyl (C=O) groups is 4. The summed E-state index contributed by atoms with van der Waals surface area (Å²) in [5.74, 6) is -2.97. The molecule has 14 heteroatoms. The fourth-order valence-corrected chi connectivity index (χ4v) is 3.99. The Hall–Kier alpha value is -5.53. The molecule has 1 aromatic heterocycles. The molecule has 0 spiro atoms. The molecule has 1 amide bonds. The minimum absolute atomic E-state index is 0.0267. The van der Waals surface area contributed by atoms with Crippen LogP contribution in [0.2, 0.25) is 0 Å². The van der Waals surface area contributed by atoms with E-state index in [0.29, 0.717) is 12.4 Å². The van der Waals surface area contributed by atoms with Gasteiger partial charge in [-0.2, -0.15) is 0 Å². The number of aromatic nitrogens is 1. The zero-order chi connectivity index (χ0) is 39.9. The molecule has 7 N–H and O–H groups in total. The lowest BCUT2D eigenvalue weighted by Gasteiger charge is -2.32. The number of esters is 2. The van der Waals surface area contributed by atoms with Crippen molar-refractivity contribution in [3.05, 3.63) is 90.9 Å². The number of aliphatic carboxylic acids is 1. The maximum atomic E-state index is 12.9. The number of carboxylic acid groups (broad SMARTS) is 1. The molecule has 1 atom stereocenters. The van der Waals surface area contributed by atoms with E-state index in [1.807, 2.05) is 6.08 Å². The predicted molar refractivity (Wildman–Crippen MR) is 206 cm³/mol. The van der Waals surface area contributed by atoms with Crippen LogP contribution in [0, 0.1) is 5.41 Å². The van der Waals surface area contributed by atoms with Crippen LogP contribution in [0.15, 0.2) is 90.3 Å². The predicted octanol–water partition coefficient (Wildman–Crippen LogP) is 3.20. The summed E-state index contributed by atoms with van der Waals surface area (Å²) in [5.41, 5.74) is 14.4. The maximum Gasteiger partial charge on any atom is 0.387 e. The smallest absolute Gasteiger partial charge is 0.387 e. The first-order chi connectivity index (χ1) is 25.2. The Morgan fingerprint density at radius 3 is 1.96 bits per heavy atom. The Bertz CT molecular complexity index is 1460. The van der Waals surface area contributed by atoms with Gasteiger partial charge in [-0.25, -0.2) is 4.79 Å². The van der Waals surface area contributed by atoms with E-state index in [2.05, 4.69) is 76.9 Å². The van der Waals surface area contributed by atoms with Gasteiger partial charge in [0, 0.05) is 43.2 Å². The Balaban J connectivity index is 0.00000264. The molecule has 0 bridgehead atoms. The molecule has 0 aliphatic heterocycles. The summed E-state index contributed by atoms with van der Waals surface area (Å²) in [6.07, 6.45) is 28.6. The molecule has 1 aromatic rings. The highest BCUT2D eigenvalue weighted by molar-refractivity contribution is 5.92. The van der Waals surface area contributed by atoms with Gasteiger partial charge in [-0.05, 0) is 62.1 Å². The largest absolute Gasteiger partial charge is 0.550 e.